The van der Waals surface area contributed by atoms with Crippen molar-refractivity contribution in [1.29, 1.82) is 0 Å². The Labute approximate surface area is 209 Å². The first-order valence-electron chi connectivity index (χ1n) is 11.9. The third-order valence-corrected chi connectivity index (χ3v) is 6.02. The number of nitrogens with one attached hydrogen (secondary N) is 3. The van der Waals surface area contributed by atoms with Gasteiger partial charge in [0.15, 0.2) is 5.82 Å². The Balaban J connectivity index is 1.58. The van der Waals surface area contributed by atoms with Crippen LogP contribution in [0.4, 0.5) is 21.1 Å². The third-order valence-electron chi connectivity index (χ3n) is 6.02. The van der Waals surface area contributed by atoms with E-state index >= 15 is 0 Å². The van der Waals surface area contributed by atoms with E-state index in [4.69, 9.17) is 19.4 Å². The average molecular weight is 498 g/mol. The lowest BCUT2D eigenvalue weighted by Gasteiger charge is -2.35. The van der Waals surface area contributed by atoms with Crippen LogP contribution in [0, 0.1) is 0 Å². The van der Waals surface area contributed by atoms with Crippen molar-refractivity contribution in [2.45, 2.75) is 33.0 Å². The maximum absolute atomic E-state index is 12.4. The maximum atomic E-state index is 12.4. The van der Waals surface area contributed by atoms with Crippen molar-refractivity contribution in [3.05, 3.63) is 35.5 Å². The summed E-state index contributed by atoms with van der Waals surface area (Å²) >= 11 is 0. The summed E-state index contributed by atoms with van der Waals surface area (Å²) in [5.74, 6) is 1.04. The number of amides is 4. The van der Waals surface area contributed by atoms with Gasteiger partial charge in [0, 0.05) is 30.4 Å². The molecule has 12 nitrogen and oxygen atoms in total. The van der Waals surface area contributed by atoms with E-state index in [0.717, 1.165) is 22.6 Å². The number of urea groups is 1. The van der Waals surface area contributed by atoms with Gasteiger partial charge in [-0.1, -0.05) is 0 Å². The van der Waals surface area contributed by atoms with Crippen LogP contribution in [0.5, 0.6) is 0 Å². The van der Waals surface area contributed by atoms with Crippen LogP contribution >= 0.6 is 0 Å². The van der Waals surface area contributed by atoms with E-state index in [1.807, 2.05) is 12.1 Å². The number of hydrogen-bond donors (Lipinski definition) is 3. The van der Waals surface area contributed by atoms with Gasteiger partial charge in [-0.05, 0) is 38.1 Å². The highest BCUT2D eigenvalue weighted by Crippen LogP contribution is 2.33. The van der Waals surface area contributed by atoms with Gasteiger partial charge in [-0.3, -0.25) is 9.69 Å². The number of fused-ring (bicyclic) bond motifs is 1. The molecule has 1 fully saturated rings. The first kappa shape index (κ1) is 25.2. The molecule has 0 aliphatic carbocycles. The quantitative estimate of drug-likeness (QED) is 0.548. The molecule has 1 aromatic heterocycles. The van der Waals surface area contributed by atoms with Crippen LogP contribution in [0.2, 0.25) is 0 Å². The number of carbonyl (C=O) groups excluding carboxylic acids is 3. The lowest BCUT2D eigenvalue weighted by atomic mass is 10.1. The fraction of sp³-hybridized carbons (Fsp3) is 0.458. The van der Waals surface area contributed by atoms with Gasteiger partial charge in [-0.2, -0.15) is 0 Å². The number of anilines is 2. The molecule has 192 valence electrons. The molecule has 0 bridgehead atoms. The summed E-state index contributed by atoms with van der Waals surface area (Å²) < 4.78 is 10.8. The van der Waals surface area contributed by atoms with Gasteiger partial charge in [0.25, 0.3) is 0 Å². The summed E-state index contributed by atoms with van der Waals surface area (Å²) in [7, 11) is 1.50. The van der Waals surface area contributed by atoms with Crippen LogP contribution < -0.4 is 20.9 Å². The minimum absolute atomic E-state index is 0.116. The Morgan fingerprint density at radius 3 is 2.64 bits per heavy atom. The maximum Gasteiger partial charge on any atom is 0.410 e. The molecular weight excluding hydrogens is 466 g/mol. The van der Waals surface area contributed by atoms with Crippen LogP contribution in [0.25, 0.3) is 11.4 Å². The third kappa shape index (κ3) is 5.65. The van der Waals surface area contributed by atoms with E-state index in [1.54, 1.807) is 24.0 Å². The second kappa shape index (κ2) is 11.2. The smallest absolute Gasteiger partial charge is 0.410 e. The molecule has 2 aliphatic rings. The summed E-state index contributed by atoms with van der Waals surface area (Å²) in [5, 5.41) is 7.61. The van der Waals surface area contributed by atoms with Crippen LogP contribution in [0.3, 0.4) is 0 Å². The largest absolute Gasteiger partial charge is 0.450 e. The summed E-state index contributed by atoms with van der Waals surface area (Å²) in [6.45, 7) is 6.68. The second-order valence-electron chi connectivity index (χ2n) is 8.53. The minimum atomic E-state index is -0.484. The molecule has 12 heteroatoms. The van der Waals surface area contributed by atoms with Gasteiger partial charge in [-0.25, -0.2) is 19.6 Å². The van der Waals surface area contributed by atoms with Crippen LogP contribution in [-0.4, -0.2) is 78.9 Å². The lowest BCUT2D eigenvalue weighted by Crippen LogP contribution is -2.44. The van der Waals surface area contributed by atoms with E-state index < -0.39 is 6.03 Å². The molecule has 0 radical (unpaired) electrons. The normalized spacial score (nSPS) is 16.8. The highest BCUT2D eigenvalue weighted by Gasteiger charge is 2.33. The topological polar surface area (TPSA) is 138 Å². The zero-order chi connectivity index (χ0) is 25.7. The Kier molecular flexibility index (Phi) is 7.84. The van der Waals surface area contributed by atoms with Gasteiger partial charge < -0.3 is 30.3 Å². The highest BCUT2D eigenvalue weighted by molar-refractivity contribution is 5.92. The zero-order valence-corrected chi connectivity index (χ0v) is 20.7. The number of morpholine rings is 1. The fourth-order valence-corrected chi connectivity index (χ4v) is 4.12. The summed E-state index contributed by atoms with van der Waals surface area (Å²) in [6.07, 6.45) is -0.372. The van der Waals surface area contributed by atoms with Crippen molar-refractivity contribution in [2.75, 3.05) is 50.2 Å². The summed E-state index contributed by atoms with van der Waals surface area (Å²) in [4.78, 5) is 49.2. The molecule has 3 heterocycles. The van der Waals surface area contributed by atoms with Crippen molar-refractivity contribution < 1.29 is 23.9 Å². The van der Waals surface area contributed by atoms with Gasteiger partial charge in [0.05, 0.1) is 51.2 Å². The number of likely N-dealkylation sites (N-methyl/N-ethyl adjacent to an activating group) is 1. The van der Waals surface area contributed by atoms with E-state index in [1.165, 1.54) is 7.05 Å². The number of benzene rings is 1. The molecular formula is C24H31N7O5. The van der Waals surface area contributed by atoms with Crippen molar-refractivity contribution in [2.24, 2.45) is 0 Å². The Morgan fingerprint density at radius 2 is 1.94 bits per heavy atom. The molecule has 36 heavy (non-hydrogen) atoms. The molecule has 4 amide bonds. The number of ether oxygens (including phenoxy) is 2. The van der Waals surface area contributed by atoms with Gasteiger partial charge in [-0.15, -0.1) is 0 Å². The number of nitrogens with zero attached hydrogens (tertiary/aromatic N) is 4. The zero-order valence-electron chi connectivity index (χ0n) is 20.7. The first-order valence-corrected chi connectivity index (χ1v) is 11.9. The van der Waals surface area contributed by atoms with Crippen molar-refractivity contribution in [3.8, 4) is 11.4 Å². The van der Waals surface area contributed by atoms with Gasteiger partial charge >= 0.3 is 12.1 Å². The van der Waals surface area contributed by atoms with Crippen molar-refractivity contribution in [1.82, 2.24) is 25.5 Å². The molecule has 3 N–H and O–H groups in total. The first-order chi connectivity index (χ1) is 17.4. The molecule has 1 saturated heterocycles. The monoisotopic (exact) mass is 497 g/mol. The average Bonchev–Trinajstić information content (AvgIpc) is 3.32. The molecule has 0 saturated carbocycles. The summed E-state index contributed by atoms with van der Waals surface area (Å²) in [5.41, 5.74) is 3.04. The predicted octanol–water partition coefficient (Wildman–Crippen LogP) is 1.71. The van der Waals surface area contributed by atoms with Crippen LogP contribution in [0.1, 0.15) is 25.1 Å². The van der Waals surface area contributed by atoms with E-state index in [-0.39, 0.29) is 24.6 Å². The molecule has 0 spiro atoms. The molecule has 2 aromatic rings. The van der Waals surface area contributed by atoms with Gasteiger partial charge in [0.2, 0.25) is 5.91 Å². The number of carbonyl (C=O) groups is 3. The van der Waals surface area contributed by atoms with Crippen LogP contribution in [-0.2, 0) is 27.4 Å². The molecule has 1 aromatic carbocycles. The lowest BCUT2D eigenvalue weighted by molar-refractivity contribution is -0.119. The standard InChI is InChI=1S/C24H31N7O5/c1-4-36-24(34)30-12-18-19(13-30)28-21(29-22(18)31-9-10-35-14-15(31)2)16-5-7-17(8-6-16)27-23(33)26-11-20(32)25-3/h5-8,15H,4,9-14H2,1-3H3,(H,25,32)(H2,26,27,33). The number of hydrogen-bond acceptors (Lipinski definition) is 8. The SMILES string of the molecule is CCOC(=O)N1Cc2nc(-c3ccc(NC(=O)NCC(=O)NC)cc3)nc(N3CCOCC3C)c2C1. The number of aromatic nitrogens is 2. The van der Waals surface area contributed by atoms with E-state index in [0.29, 0.717) is 51.0 Å². The minimum Gasteiger partial charge on any atom is -0.450 e. The highest BCUT2D eigenvalue weighted by atomic mass is 16.6. The van der Waals surface area contributed by atoms with Gasteiger partial charge in [0.1, 0.15) is 5.82 Å². The Bertz CT molecular complexity index is 1120. The number of rotatable bonds is 6. The van der Waals surface area contributed by atoms with E-state index in [9.17, 15) is 14.4 Å². The second-order valence-corrected chi connectivity index (χ2v) is 8.53. The molecule has 2 aliphatic heterocycles. The Hall–Kier alpha value is -3.93. The summed E-state index contributed by atoms with van der Waals surface area (Å²) in [6, 6.07) is 6.77. The predicted molar refractivity (Wildman–Crippen MR) is 132 cm³/mol. The van der Waals surface area contributed by atoms with E-state index in [2.05, 4.69) is 27.8 Å². The molecule has 1 unspecified atom stereocenters. The van der Waals surface area contributed by atoms with Crippen molar-refractivity contribution >= 4 is 29.5 Å². The molecule has 4 rings (SSSR count). The van der Waals surface area contributed by atoms with Crippen LogP contribution in [0.15, 0.2) is 24.3 Å². The van der Waals surface area contributed by atoms with Crippen molar-refractivity contribution in [3.63, 3.8) is 0 Å². The molecule has 1 atom stereocenters. The Morgan fingerprint density at radius 1 is 1.17 bits per heavy atom. The fourth-order valence-electron chi connectivity index (χ4n) is 4.12.